The number of nitrogens with zero attached hydrogens (tertiary/aromatic N) is 2. The number of carbonyl (C=O) groups excluding carboxylic acids is 1. The normalized spacial score (nSPS) is 14.9. The highest BCUT2D eigenvalue weighted by molar-refractivity contribution is 9.10. The van der Waals surface area contributed by atoms with Crippen LogP contribution in [-0.4, -0.2) is 50.6 Å². The Kier molecular flexibility index (Phi) is 6.23. The van der Waals surface area contributed by atoms with E-state index in [1.54, 1.807) is 19.2 Å². The molecular weight excluding hydrogens is 408 g/mol. The molecule has 0 bridgehead atoms. The van der Waals surface area contributed by atoms with Crippen molar-refractivity contribution in [1.82, 2.24) is 4.90 Å². The number of rotatable bonds is 5. The summed E-state index contributed by atoms with van der Waals surface area (Å²) in [5.41, 5.74) is 8.77. The molecule has 6 nitrogen and oxygen atoms in total. The van der Waals surface area contributed by atoms with Crippen LogP contribution in [0.4, 0.5) is 17.1 Å². The van der Waals surface area contributed by atoms with Crippen LogP contribution < -0.4 is 20.7 Å². The summed E-state index contributed by atoms with van der Waals surface area (Å²) in [7, 11) is 1.55. The van der Waals surface area contributed by atoms with Gasteiger partial charge in [-0.1, -0.05) is 22.9 Å². The number of anilines is 3. The number of piperazine rings is 1. The van der Waals surface area contributed by atoms with Crippen LogP contribution >= 0.6 is 15.9 Å². The van der Waals surface area contributed by atoms with Gasteiger partial charge in [-0.3, -0.25) is 4.79 Å². The van der Waals surface area contributed by atoms with Crippen LogP contribution in [0.25, 0.3) is 0 Å². The molecule has 3 rings (SSSR count). The Balaban J connectivity index is 1.85. The number of likely N-dealkylation sites (N-methyl/N-ethyl adjacent to an activating group) is 1. The van der Waals surface area contributed by atoms with Crippen LogP contribution in [0.1, 0.15) is 17.3 Å². The minimum absolute atomic E-state index is 0.229. The van der Waals surface area contributed by atoms with Crippen LogP contribution in [0.3, 0.4) is 0 Å². The van der Waals surface area contributed by atoms with E-state index in [4.69, 9.17) is 10.5 Å². The number of hydrogen-bond acceptors (Lipinski definition) is 5. The van der Waals surface area contributed by atoms with Gasteiger partial charge in [-0.2, -0.15) is 0 Å². The van der Waals surface area contributed by atoms with Gasteiger partial charge in [0.1, 0.15) is 5.75 Å². The number of methoxy groups -OCH3 is 1. The first-order valence-electron chi connectivity index (χ1n) is 9.03. The third kappa shape index (κ3) is 4.54. The summed E-state index contributed by atoms with van der Waals surface area (Å²) >= 11 is 3.41. The molecule has 2 aromatic rings. The summed E-state index contributed by atoms with van der Waals surface area (Å²) < 4.78 is 6.15. The second kappa shape index (κ2) is 8.63. The molecular formula is C20H25BrN4O2. The maximum absolute atomic E-state index is 12.9. The van der Waals surface area contributed by atoms with Crippen molar-refractivity contribution in [2.75, 3.05) is 55.8 Å². The van der Waals surface area contributed by atoms with Crippen molar-refractivity contribution in [2.24, 2.45) is 0 Å². The van der Waals surface area contributed by atoms with E-state index in [1.807, 2.05) is 24.3 Å². The third-order valence-electron chi connectivity index (χ3n) is 4.84. The zero-order valence-corrected chi connectivity index (χ0v) is 17.3. The zero-order chi connectivity index (χ0) is 19.4. The molecule has 0 aromatic heterocycles. The number of nitrogens with one attached hydrogen (secondary N) is 1. The molecule has 1 fully saturated rings. The summed E-state index contributed by atoms with van der Waals surface area (Å²) in [6.07, 6.45) is 0. The Morgan fingerprint density at radius 3 is 2.59 bits per heavy atom. The van der Waals surface area contributed by atoms with Crippen molar-refractivity contribution in [3.05, 3.63) is 46.4 Å². The highest BCUT2D eigenvalue weighted by Gasteiger charge is 2.20. The average molecular weight is 433 g/mol. The Hall–Kier alpha value is -2.25. The molecule has 0 aliphatic carbocycles. The van der Waals surface area contributed by atoms with Gasteiger partial charge in [0.25, 0.3) is 5.91 Å². The first-order chi connectivity index (χ1) is 13.0. The van der Waals surface area contributed by atoms with Crippen LogP contribution in [-0.2, 0) is 0 Å². The van der Waals surface area contributed by atoms with Crippen molar-refractivity contribution >= 4 is 38.9 Å². The van der Waals surface area contributed by atoms with Gasteiger partial charge in [-0.05, 0) is 42.9 Å². The van der Waals surface area contributed by atoms with E-state index < -0.39 is 0 Å². The van der Waals surface area contributed by atoms with E-state index in [2.05, 4.69) is 38.0 Å². The molecule has 1 aliphatic rings. The number of ether oxygens (including phenoxy) is 1. The van der Waals surface area contributed by atoms with E-state index in [0.29, 0.717) is 22.7 Å². The Morgan fingerprint density at radius 2 is 1.93 bits per heavy atom. The van der Waals surface area contributed by atoms with Crippen LogP contribution in [0.5, 0.6) is 5.75 Å². The maximum Gasteiger partial charge on any atom is 0.259 e. The lowest BCUT2D eigenvalue weighted by molar-refractivity contribution is 0.102. The molecule has 1 aliphatic heterocycles. The summed E-state index contributed by atoms with van der Waals surface area (Å²) in [4.78, 5) is 17.6. The molecule has 0 radical (unpaired) electrons. The topological polar surface area (TPSA) is 70.8 Å². The largest absolute Gasteiger partial charge is 0.496 e. The fraction of sp³-hybridized carbons (Fsp3) is 0.350. The number of carbonyl (C=O) groups is 1. The summed E-state index contributed by atoms with van der Waals surface area (Å²) in [6.45, 7) is 7.08. The molecule has 0 atom stereocenters. The van der Waals surface area contributed by atoms with Crippen molar-refractivity contribution in [3.63, 3.8) is 0 Å². The quantitative estimate of drug-likeness (QED) is 0.708. The maximum atomic E-state index is 12.9. The molecule has 1 saturated heterocycles. The lowest BCUT2D eigenvalue weighted by Crippen LogP contribution is -2.46. The number of hydrogen-bond donors (Lipinski definition) is 2. The molecule has 3 N–H and O–H groups in total. The Morgan fingerprint density at radius 1 is 1.19 bits per heavy atom. The zero-order valence-electron chi connectivity index (χ0n) is 15.7. The smallest absolute Gasteiger partial charge is 0.259 e. The van der Waals surface area contributed by atoms with Crippen LogP contribution in [0.2, 0.25) is 0 Å². The third-order valence-corrected chi connectivity index (χ3v) is 5.33. The average Bonchev–Trinajstić information content (AvgIpc) is 2.68. The first kappa shape index (κ1) is 19.5. The number of amides is 1. The lowest BCUT2D eigenvalue weighted by Gasteiger charge is -2.36. The van der Waals surface area contributed by atoms with Crippen molar-refractivity contribution in [3.8, 4) is 5.75 Å². The number of nitrogens with two attached hydrogens (primary N) is 1. The summed E-state index contributed by atoms with van der Waals surface area (Å²) in [6, 6.07) is 11.0. The van der Waals surface area contributed by atoms with E-state index >= 15 is 0 Å². The number of nitrogen functional groups attached to an aromatic ring is 1. The molecule has 0 saturated carbocycles. The molecule has 1 heterocycles. The lowest BCUT2D eigenvalue weighted by atomic mass is 10.1. The minimum atomic E-state index is -0.229. The second-order valence-electron chi connectivity index (χ2n) is 6.50. The molecule has 7 heteroatoms. The Bertz CT molecular complexity index is 820. The van der Waals surface area contributed by atoms with Crippen LogP contribution in [0, 0.1) is 0 Å². The van der Waals surface area contributed by atoms with E-state index in [9.17, 15) is 4.79 Å². The molecule has 144 valence electrons. The molecule has 0 spiro atoms. The fourth-order valence-electron chi connectivity index (χ4n) is 3.28. The standard InChI is InChI=1S/C20H25BrN4O2/c1-3-24-8-10-25(11-9-24)18-6-5-15(22)13-17(18)23-20(26)16-12-14(21)4-7-19(16)27-2/h4-7,12-13H,3,8-11,22H2,1-2H3,(H,23,26). The van der Waals surface area contributed by atoms with Gasteiger partial charge in [-0.25, -0.2) is 0 Å². The van der Waals surface area contributed by atoms with E-state index in [1.165, 1.54) is 0 Å². The predicted octanol–water partition coefficient (Wildman–Crippen LogP) is 3.43. The second-order valence-corrected chi connectivity index (χ2v) is 7.41. The van der Waals surface area contributed by atoms with Gasteiger partial charge in [0, 0.05) is 36.3 Å². The highest BCUT2D eigenvalue weighted by Crippen LogP contribution is 2.31. The SMILES string of the molecule is CCN1CCN(c2ccc(N)cc2NC(=O)c2cc(Br)ccc2OC)CC1. The Labute approximate surface area is 168 Å². The fourth-order valence-corrected chi connectivity index (χ4v) is 3.64. The van der Waals surface area contributed by atoms with Gasteiger partial charge in [0.05, 0.1) is 24.0 Å². The van der Waals surface area contributed by atoms with Gasteiger partial charge in [0.15, 0.2) is 0 Å². The van der Waals surface area contributed by atoms with Gasteiger partial charge in [0.2, 0.25) is 0 Å². The van der Waals surface area contributed by atoms with Gasteiger partial charge >= 0.3 is 0 Å². The molecule has 0 unspecified atom stereocenters. The summed E-state index contributed by atoms with van der Waals surface area (Å²) in [5, 5.41) is 3.02. The van der Waals surface area contributed by atoms with Crippen molar-refractivity contribution in [1.29, 1.82) is 0 Å². The monoisotopic (exact) mass is 432 g/mol. The van der Waals surface area contributed by atoms with Gasteiger partial charge < -0.3 is 25.6 Å². The van der Waals surface area contributed by atoms with E-state index in [-0.39, 0.29) is 5.91 Å². The summed E-state index contributed by atoms with van der Waals surface area (Å²) in [5.74, 6) is 0.296. The van der Waals surface area contributed by atoms with Crippen molar-refractivity contribution < 1.29 is 9.53 Å². The number of benzene rings is 2. The van der Waals surface area contributed by atoms with Crippen LogP contribution in [0.15, 0.2) is 40.9 Å². The molecule has 27 heavy (non-hydrogen) atoms. The highest BCUT2D eigenvalue weighted by atomic mass is 79.9. The molecule has 1 amide bonds. The van der Waals surface area contributed by atoms with Gasteiger partial charge in [-0.15, -0.1) is 0 Å². The van der Waals surface area contributed by atoms with Crippen molar-refractivity contribution in [2.45, 2.75) is 6.92 Å². The van der Waals surface area contributed by atoms with E-state index in [0.717, 1.165) is 42.9 Å². The minimum Gasteiger partial charge on any atom is -0.496 e. The first-order valence-corrected chi connectivity index (χ1v) is 9.83. The molecule has 2 aromatic carbocycles. The predicted molar refractivity (Wildman–Crippen MR) is 114 cm³/mol. The number of halogens is 1.